The van der Waals surface area contributed by atoms with Gasteiger partial charge in [0.15, 0.2) is 0 Å². The summed E-state index contributed by atoms with van der Waals surface area (Å²) in [7, 11) is 0. The highest BCUT2D eigenvalue weighted by Gasteiger charge is 2.56. The van der Waals surface area contributed by atoms with Gasteiger partial charge in [0.1, 0.15) is 0 Å². The number of aliphatic hydroxyl groups is 1. The van der Waals surface area contributed by atoms with Crippen molar-refractivity contribution >= 4 is 0 Å². The standard InChI is InChI=1S/C19H30O/c1-12(2)15-10-8-13(3)16-11-9-14(4)19(20)17(15)6-5-7-18(16)19/h5,7-8,10,12-18,20H,6,9,11H2,1-4H3/b10-8-/t13-,14-,15-,16+,17-,18-,19+/m1/s1. The minimum atomic E-state index is -0.481. The van der Waals surface area contributed by atoms with Crippen LogP contribution in [-0.2, 0) is 0 Å². The van der Waals surface area contributed by atoms with Crippen molar-refractivity contribution in [1.29, 1.82) is 0 Å². The van der Waals surface area contributed by atoms with Gasteiger partial charge in [0.2, 0.25) is 0 Å². The molecule has 4 bridgehead atoms. The summed E-state index contributed by atoms with van der Waals surface area (Å²) in [6.45, 7) is 9.24. The summed E-state index contributed by atoms with van der Waals surface area (Å²) in [4.78, 5) is 0. The average Bonchev–Trinajstić information content (AvgIpc) is 2.40. The molecule has 7 atom stereocenters. The third kappa shape index (κ3) is 1.93. The highest BCUT2D eigenvalue weighted by Crippen LogP contribution is 2.55. The molecular formula is C19H30O. The van der Waals surface area contributed by atoms with E-state index in [-0.39, 0.29) is 0 Å². The van der Waals surface area contributed by atoms with Crippen molar-refractivity contribution in [3.8, 4) is 0 Å². The zero-order chi connectivity index (χ0) is 14.5. The fourth-order valence-corrected chi connectivity index (χ4v) is 5.32. The molecule has 3 aliphatic rings. The van der Waals surface area contributed by atoms with Crippen molar-refractivity contribution in [3.63, 3.8) is 0 Å². The predicted molar refractivity (Wildman–Crippen MR) is 84.2 cm³/mol. The third-order valence-corrected chi connectivity index (χ3v) is 6.59. The molecule has 1 saturated carbocycles. The molecule has 112 valence electrons. The minimum absolute atomic E-state index is 0.367. The van der Waals surface area contributed by atoms with E-state index in [1.165, 1.54) is 12.8 Å². The van der Waals surface area contributed by atoms with Gasteiger partial charge < -0.3 is 5.11 Å². The summed E-state index contributed by atoms with van der Waals surface area (Å²) in [6, 6.07) is 0. The van der Waals surface area contributed by atoms with E-state index in [0.717, 1.165) is 6.42 Å². The van der Waals surface area contributed by atoms with Crippen LogP contribution in [0.15, 0.2) is 24.3 Å². The van der Waals surface area contributed by atoms with Crippen molar-refractivity contribution in [2.45, 2.75) is 52.6 Å². The van der Waals surface area contributed by atoms with Gasteiger partial charge in [-0.1, -0.05) is 52.0 Å². The molecule has 0 unspecified atom stereocenters. The first-order valence-electron chi connectivity index (χ1n) is 8.53. The molecule has 0 aromatic heterocycles. The maximum Gasteiger partial charge on any atom is 0.0774 e. The van der Waals surface area contributed by atoms with Gasteiger partial charge in [-0.05, 0) is 54.8 Å². The Balaban J connectivity index is 2.12. The van der Waals surface area contributed by atoms with Crippen molar-refractivity contribution in [2.75, 3.05) is 0 Å². The molecule has 1 nitrogen and oxygen atoms in total. The number of allylic oxidation sites excluding steroid dienone is 3. The molecule has 0 spiro atoms. The highest BCUT2D eigenvalue weighted by molar-refractivity contribution is 5.20. The lowest BCUT2D eigenvalue weighted by atomic mass is 9.51. The Morgan fingerprint density at radius 2 is 1.85 bits per heavy atom. The Kier molecular flexibility index (Phi) is 3.61. The Labute approximate surface area is 124 Å². The molecule has 0 aromatic carbocycles. The van der Waals surface area contributed by atoms with Crippen LogP contribution < -0.4 is 0 Å². The van der Waals surface area contributed by atoms with Crippen LogP contribution in [0.25, 0.3) is 0 Å². The minimum Gasteiger partial charge on any atom is -0.389 e. The van der Waals surface area contributed by atoms with Crippen LogP contribution in [0, 0.1) is 41.4 Å². The van der Waals surface area contributed by atoms with Gasteiger partial charge in [-0.2, -0.15) is 0 Å². The summed E-state index contributed by atoms with van der Waals surface area (Å²) < 4.78 is 0. The first-order chi connectivity index (χ1) is 9.46. The lowest BCUT2D eigenvalue weighted by Crippen LogP contribution is -2.59. The summed E-state index contributed by atoms with van der Waals surface area (Å²) in [5, 5.41) is 11.7. The van der Waals surface area contributed by atoms with Gasteiger partial charge in [-0.15, -0.1) is 0 Å². The van der Waals surface area contributed by atoms with Crippen LogP contribution in [0.3, 0.4) is 0 Å². The molecule has 0 aromatic rings. The number of hydrogen-bond acceptors (Lipinski definition) is 1. The van der Waals surface area contributed by atoms with E-state index in [2.05, 4.69) is 52.0 Å². The number of hydrogen-bond donors (Lipinski definition) is 1. The van der Waals surface area contributed by atoms with E-state index in [1.54, 1.807) is 0 Å². The fourth-order valence-electron chi connectivity index (χ4n) is 5.32. The second-order valence-corrected chi connectivity index (χ2v) is 7.89. The predicted octanol–water partition coefficient (Wildman–Crippen LogP) is 4.43. The molecular weight excluding hydrogens is 244 g/mol. The summed E-state index contributed by atoms with van der Waals surface area (Å²) in [6.07, 6.45) is 13.1. The number of rotatable bonds is 1. The van der Waals surface area contributed by atoms with Crippen molar-refractivity contribution in [1.82, 2.24) is 0 Å². The maximum absolute atomic E-state index is 11.7. The van der Waals surface area contributed by atoms with Gasteiger partial charge in [-0.3, -0.25) is 0 Å². The molecule has 0 amide bonds. The highest BCUT2D eigenvalue weighted by atomic mass is 16.3. The van der Waals surface area contributed by atoms with Crippen molar-refractivity contribution in [2.24, 2.45) is 41.4 Å². The lowest BCUT2D eigenvalue weighted by Gasteiger charge is -2.57. The molecule has 0 radical (unpaired) electrons. The van der Waals surface area contributed by atoms with Gasteiger partial charge in [0.05, 0.1) is 5.60 Å². The first kappa shape index (κ1) is 14.4. The van der Waals surface area contributed by atoms with Gasteiger partial charge >= 0.3 is 0 Å². The molecule has 0 heterocycles. The van der Waals surface area contributed by atoms with Crippen LogP contribution in [0.2, 0.25) is 0 Å². The van der Waals surface area contributed by atoms with Crippen LogP contribution in [0.4, 0.5) is 0 Å². The Bertz CT molecular complexity index is 421. The van der Waals surface area contributed by atoms with Gasteiger partial charge in [-0.25, -0.2) is 0 Å². The van der Waals surface area contributed by atoms with E-state index in [9.17, 15) is 5.11 Å². The van der Waals surface area contributed by atoms with Gasteiger partial charge in [0.25, 0.3) is 0 Å². The summed E-state index contributed by atoms with van der Waals surface area (Å²) in [5.41, 5.74) is -0.481. The largest absolute Gasteiger partial charge is 0.389 e. The van der Waals surface area contributed by atoms with Crippen molar-refractivity contribution < 1.29 is 5.11 Å². The fraction of sp³-hybridized carbons (Fsp3) is 0.789. The molecule has 3 rings (SSSR count). The Morgan fingerprint density at radius 1 is 1.10 bits per heavy atom. The molecule has 0 aliphatic heterocycles. The monoisotopic (exact) mass is 274 g/mol. The van der Waals surface area contributed by atoms with Crippen LogP contribution in [-0.4, -0.2) is 10.7 Å². The van der Waals surface area contributed by atoms with Crippen LogP contribution in [0.5, 0.6) is 0 Å². The zero-order valence-corrected chi connectivity index (χ0v) is 13.4. The van der Waals surface area contributed by atoms with E-state index in [0.29, 0.717) is 41.4 Å². The SMILES string of the molecule is CC(C)[C@H]1/C=C\[C@@H](C)[C@@H]2CC[C@@H](C)[C@@]3(O)[C@@H]2C=CC[C@H]13. The van der Waals surface area contributed by atoms with E-state index in [1.807, 2.05) is 0 Å². The third-order valence-electron chi connectivity index (χ3n) is 6.59. The van der Waals surface area contributed by atoms with Crippen LogP contribution in [0.1, 0.15) is 47.0 Å². The summed E-state index contributed by atoms with van der Waals surface area (Å²) >= 11 is 0. The van der Waals surface area contributed by atoms with Crippen molar-refractivity contribution in [3.05, 3.63) is 24.3 Å². The average molecular weight is 274 g/mol. The molecule has 20 heavy (non-hydrogen) atoms. The summed E-state index contributed by atoms with van der Waals surface area (Å²) in [5.74, 6) is 3.52. The zero-order valence-electron chi connectivity index (χ0n) is 13.4. The Morgan fingerprint density at radius 3 is 2.55 bits per heavy atom. The molecule has 0 saturated heterocycles. The smallest absolute Gasteiger partial charge is 0.0774 e. The van der Waals surface area contributed by atoms with Crippen LogP contribution >= 0.6 is 0 Å². The molecule has 1 fully saturated rings. The topological polar surface area (TPSA) is 20.2 Å². The van der Waals surface area contributed by atoms with E-state index >= 15 is 0 Å². The molecule has 1 N–H and O–H groups in total. The second-order valence-electron chi connectivity index (χ2n) is 7.89. The Hall–Kier alpha value is -0.560. The quantitative estimate of drug-likeness (QED) is 0.701. The van der Waals surface area contributed by atoms with E-state index < -0.39 is 5.60 Å². The van der Waals surface area contributed by atoms with Gasteiger partial charge in [0, 0.05) is 5.92 Å². The normalized spacial score (nSPS) is 52.5. The first-order valence-corrected chi connectivity index (χ1v) is 8.53. The molecule has 3 aliphatic carbocycles. The maximum atomic E-state index is 11.7. The molecule has 1 heteroatoms. The van der Waals surface area contributed by atoms with E-state index in [4.69, 9.17) is 0 Å². The lowest BCUT2D eigenvalue weighted by molar-refractivity contribution is -0.159. The second kappa shape index (κ2) is 5.02.